The zero-order valence-corrected chi connectivity index (χ0v) is 15.3. The van der Waals surface area contributed by atoms with Gasteiger partial charge in [0.1, 0.15) is 5.75 Å². The highest BCUT2D eigenvalue weighted by atomic mass is 16.3. The minimum Gasteiger partial charge on any atom is -0.508 e. The molecule has 0 spiro atoms. The van der Waals surface area contributed by atoms with Gasteiger partial charge in [0.05, 0.1) is 16.6 Å². The molecule has 1 fully saturated rings. The molecule has 3 aromatic rings. The molecule has 0 radical (unpaired) electrons. The number of carbonyl (C=O) groups excluding carboxylic acids is 1. The van der Waals surface area contributed by atoms with E-state index in [1.54, 1.807) is 30.3 Å². The fourth-order valence-electron chi connectivity index (χ4n) is 3.18. The first-order chi connectivity index (χ1) is 13.1. The Morgan fingerprint density at radius 3 is 2.67 bits per heavy atom. The third-order valence-electron chi connectivity index (χ3n) is 4.51. The van der Waals surface area contributed by atoms with Gasteiger partial charge in [0, 0.05) is 31.0 Å². The number of hydrogen-bond donors (Lipinski definition) is 5. The molecule has 1 aliphatic rings. The molecule has 1 saturated heterocycles. The van der Waals surface area contributed by atoms with Gasteiger partial charge in [-0.2, -0.15) is 5.10 Å². The van der Waals surface area contributed by atoms with Crippen LogP contribution >= 0.6 is 0 Å². The van der Waals surface area contributed by atoms with Gasteiger partial charge in [-0.15, -0.1) is 0 Å². The average molecular weight is 369 g/mol. The number of nitrogens with one attached hydrogen (secondary N) is 3. The predicted molar refractivity (Wildman–Crippen MR) is 103 cm³/mol. The van der Waals surface area contributed by atoms with Gasteiger partial charge in [-0.05, 0) is 50.2 Å². The molecule has 0 bridgehead atoms. The number of phenolic OH excluding ortho intramolecular Hbond substituents is 1. The lowest BCUT2D eigenvalue weighted by Gasteiger charge is -2.13. The Balaban J connectivity index is 0.00000102. The zero-order valence-electron chi connectivity index (χ0n) is 15.3. The zero-order chi connectivity index (χ0) is 19.4. The summed E-state index contributed by atoms with van der Waals surface area (Å²) >= 11 is 0. The number of aliphatic hydroxyl groups excluding tert-OH is 1. The second-order valence-corrected chi connectivity index (χ2v) is 6.31. The summed E-state index contributed by atoms with van der Waals surface area (Å²) in [5.74, 6) is 0.0674. The number of aliphatic hydroxyl groups is 1. The van der Waals surface area contributed by atoms with E-state index in [1.165, 1.54) is 0 Å². The Morgan fingerprint density at radius 2 is 2.00 bits per heavy atom. The largest absolute Gasteiger partial charge is 0.508 e. The summed E-state index contributed by atoms with van der Waals surface area (Å²) in [5.41, 5.74) is 3.35. The lowest BCUT2D eigenvalue weighted by atomic mass is 10.0. The summed E-state index contributed by atoms with van der Waals surface area (Å²) in [7, 11) is 1.00. The topological polar surface area (TPSA) is 123 Å². The molecule has 1 aliphatic heterocycles. The number of aryl methyl sites for hydroxylation is 1. The Kier molecular flexibility index (Phi) is 5.68. The number of pyridine rings is 1. The van der Waals surface area contributed by atoms with Crippen LogP contribution in [-0.4, -0.2) is 57.5 Å². The number of rotatable bonds is 3. The van der Waals surface area contributed by atoms with Crippen LogP contribution in [0.1, 0.15) is 22.5 Å². The van der Waals surface area contributed by atoms with E-state index in [-0.39, 0.29) is 17.7 Å². The molecule has 8 nitrogen and oxygen atoms in total. The summed E-state index contributed by atoms with van der Waals surface area (Å²) in [6.07, 6.45) is 0.926. The lowest BCUT2D eigenvalue weighted by Crippen LogP contribution is -2.36. The molecule has 3 heterocycles. The summed E-state index contributed by atoms with van der Waals surface area (Å²) in [6, 6.07) is 8.66. The van der Waals surface area contributed by atoms with Crippen molar-refractivity contribution in [1.82, 2.24) is 25.8 Å². The van der Waals surface area contributed by atoms with Crippen molar-refractivity contribution in [1.29, 1.82) is 0 Å². The number of phenols is 1. The van der Waals surface area contributed by atoms with Crippen molar-refractivity contribution >= 4 is 16.9 Å². The van der Waals surface area contributed by atoms with Crippen LogP contribution in [0.2, 0.25) is 0 Å². The van der Waals surface area contributed by atoms with Gasteiger partial charge in [-0.3, -0.25) is 9.89 Å². The summed E-state index contributed by atoms with van der Waals surface area (Å²) in [6.45, 7) is 3.58. The van der Waals surface area contributed by atoms with E-state index in [0.29, 0.717) is 16.9 Å². The van der Waals surface area contributed by atoms with Gasteiger partial charge in [0.15, 0.2) is 5.65 Å². The molecule has 142 valence electrons. The van der Waals surface area contributed by atoms with Crippen molar-refractivity contribution in [2.24, 2.45) is 0 Å². The molecular formula is C19H23N5O3. The first-order valence-electron chi connectivity index (χ1n) is 8.73. The van der Waals surface area contributed by atoms with E-state index in [4.69, 9.17) is 5.11 Å². The number of hydrogen-bond acceptors (Lipinski definition) is 6. The molecule has 1 aromatic carbocycles. The van der Waals surface area contributed by atoms with E-state index < -0.39 is 0 Å². The average Bonchev–Trinajstić information content (AvgIpc) is 3.33. The van der Waals surface area contributed by atoms with E-state index in [9.17, 15) is 9.90 Å². The number of aromatic hydroxyl groups is 1. The van der Waals surface area contributed by atoms with Gasteiger partial charge in [0.25, 0.3) is 5.91 Å². The molecule has 1 amide bonds. The molecule has 2 aromatic heterocycles. The minimum absolute atomic E-state index is 0.120. The van der Waals surface area contributed by atoms with Crippen molar-refractivity contribution in [3.63, 3.8) is 0 Å². The maximum Gasteiger partial charge on any atom is 0.252 e. The Labute approximate surface area is 156 Å². The highest BCUT2D eigenvalue weighted by Crippen LogP contribution is 2.27. The molecule has 1 atom stereocenters. The van der Waals surface area contributed by atoms with Crippen molar-refractivity contribution in [3.05, 3.63) is 41.6 Å². The van der Waals surface area contributed by atoms with Crippen LogP contribution in [-0.2, 0) is 0 Å². The van der Waals surface area contributed by atoms with Crippen LogP contribution in [0.25, 0.3) is 22.3 Å². The Hall–Kier alpha value is -2.97. The first-order valence-corrected chi connectivity index (χ1v) is 8.73. The van der Waals surface area contributed by atoms with Crippen LogP contribution in [0.4, 0.5) is 0 Å². The highest BCUT2D eigenvalue weighted by Gasteiger charge is 2.22. The standard InChI is InChI=1S/C18H19N5O2.CH4O/c1-10-16-14(18(25)20-12-6-7-19-9-12)8-15(21-17(16)23-22-10)11-2-4-13(24)5-3-11;1-2/h2-5,8,12,19,24H,6-7,9H2,1H3,(H,20,25)(H,21,22,23);2H,1H3. The molecule has 5 N–H and O–H groups in total. The molecule has 8 heteroatoms. The number of aromatic amines is 1. The quantitative estimate of drug-likeness (QED) is 0.475. The normalized spacial score (nSPS) is 16.0. The van der Waals surface area contributed by atoms with Crippen LogP contribution in [0.15, 0.2) is 30.3 Å². The van der Waals surface area contributed by atoms with Crippen molar-refractivity contribution in [2.75, 3.05) is 20.2 Å². The molecule has 0 aliphatic carbocycles. The van der Waals surface area contributed by atoms with E-state index in [2.05, 4.69) is 25.8 Å². The maximum absolute atomic E-state index is 12.9. The predicted octanol–water partition coefficient (Wildman–Crippen LogP) is 1.34. The second kappa shape index (κ2) is 8.15. The van der Waals surface area contributed by atoms with Gasteiger partial charge >= 0.3 is 0 Å². The molecule has 4 rings (SSSR count). The van der Waals surface area contributed by atoms with E-state index in [0.717, 1.165) is 43.3 Å². The SMILES string of the molecule is CO.Cc1[nH]nc2nc(-c3ccc(O)cc3)cc(C(=O)NC3CCNC3)c12. The van der Waals surface area contributed by atoms with Gasteiger partial charge < -0.3 is 20.8 Å². The van der Waals surface area contributed by atoms with E-state index >= 15 is 0 Å². The van der Waals surface area contributed by atoms with Crippen molar-refractivity contribution in [2.45, 2.75) is 19.4 Å². The lowest BCUT2D eigenvalue weighted by molar-refractivity contribution is 0.0941. The van der Waals surface area contributed by atoms with Gasteiger partial charge in [-0.1, -0.05) is 0 Å². The highest BCUT2D eigenvalue weighted by molar-refractivity contribution is 6.07. The molecular weight excluding hydrogens is 346 g/mol. The number of aromatic nitrogens is 3. The third-order valence-corrected chi connectivity index (χ3v) is 4.51. The number of benzene rings is 1. The molecule has 1 unspecified atom stereocenters. The summed E-state index contributed by atoms with van der Waals surface area (Å²) in [4.78, 5) is 17.4. The van der Waals surface area contributed by atoms with Crippen LogP contribution < -0.4 is 10.6 Å². The van der Waals surface area contributed by atoms with Crippen LogP contribution in [0.3, 0.4) is 0 Å². The van der Waals surface area contributed by atoms with Crippen molar-refractivity contribution in [3.8, 4) is 17.0 Å². The van der Waals surface area contributed by atoms with Gasteiger partial charge in [-0.25, -0.2) is 4.98 Å². The monoisotopic (exact) mass is 369 g/mol. The Bertz CT molecular complexity index is 930. The fourth-order valence-corrected chi connectivity index (χ4v) is 3.18. The number of carbonyl (C=O) groups is 1. The van der Waals surface area contributed by atoms with Crippen LogP contribution in [0.5, 0.6) is 5.75 Å². The van der Waals surface area contributed by atoms with E-state index in [1.807, 2.05) is 6.92 Å². The minimum atomic E-state index is -0.120. The number of H-pyrrole nitrogens is 1. The fraction of sp³-hybridized carbons (Fsp3) is 0.316. The number of fused-ring (bicyclic) bond motifs is 1. The van der Waals surface area contributed by atoms with Gasteiger partial charge in [0.2, 0.25) is 0 Å². The smallest absolute Gasteiger partial charge is 0.252 e. The summed E-state index contributed by atoms with van der Waals surface area (Å²) in [5, 5.41) is 30.7. The number of amides is 1. The second-order valence-electron chi connectivity index (χ2n) is 6.31. The number of nitrogens with zero attached hydrogens (tertiary/aromatic N) is 2. The maximum atomic E-state index is 12.9. The molecule has 0 saturated carbocycles. The molecule has 27 heavy (non-hydrogen) atoms. The first kappa shape index (κ1) is 18.8. The Morgan fingerprint density at radius 1 is 1.26 bits per heavy atom. The van der Waals surface area contributed by atoms with Crippen LogP contribution in [0, 0.1) is 6.92 Å². The van der Waals surface area contributed by atoms with Crippen molar-refractivity contribution < 1.29 is 15.0 Å². The third kappa shape index (κ3) is 3.91. The summed E-state index contributed by atoms with van der Waals surface area (Å²) < 4.78 is 0.